The number of nitrogens with one attached hydrogen (secondary N) is 3. The van der Waals surface area contributed by atoms with Crippen LogP contribution in [0.5, 0.6) is 0 Å². The Balaban J connectivity index is 1.70. The van der Waals surface area contributed by atoms with Crippen LogP contribution in [0.15, 0.2) is 59.6 Å². The van der Waals surface area contributed by atoms with Gasteiger partial charge in [-0.3, -0.25) is 9.79 Å². The molecule has 1 unspecified atom stereocenters. The maximum atomic E-state index is 12.0. The summed E-state index contributed by atoms with van der Waals surface area (Å²) in [4.78, 5) is 16.2. The second-order valence-electron chi connectivity index (χ2n) is 6.32. The third-order valence-electron chi connectivity index (χ3n) is 4.15. The minimum absolute atomic E-state index is 0.0663. The average Bonchev–Trinajstić information content (AvgIpc) is 2.67. The number of carbonyl (C=O) groups excluding carboxylic acids is 1. The second-order valence-corrected chi connectivity index (χ2v) is 6.32. The van der Waals surface area contributed by atoms with E-state index in [9.17, 15) is 4.79 Å². The van der Waals surface area contributed by atoms with Gasteiger partial charge in [-0.05, 0) is 30.5 Å². The molecule has 138 valence electrons. The van der Waals surface area contributed by atoms with E-state index in [-0.39, 0.29) is 5.91 Å². The van der Waals surface area contributed by atoms with Gasteiger partial charge in [-0.1, -0.05) is 55.0 Å². The van der Waals surface area contributed by atoms with Gasteiger partial charge in [0.1, 0.15) is 0 Å². The van der Waals surface area contributed by atoms with Gasteiger partial charge < -0.3 is 16.0 Å². The first-order chi connectivity index (χ1) is 12.6. The van der Waals surface area contributed by atoms with Gasteiger partial charge in [-0.15, -0.1) is 0 Å². The molecule has 0 spiro atoms. The van der Waals surface area contributed by atoms with Crippen molar-refractivity contribution in [1.82, 2.24) is 16.0 Å². The summed E-state index contributed by atoms with van der Waals surface area (Å²) in [7, 11) is 1.75. The second kappa shape index (κ2) is 10.2. The highest BCUT2D eigenvalue weighted by Gasteiger charge is 2.07. The van der Waals surface area contributed by atoms with E-state index in [4.69, 9.17) is 0 Å². The van der Waals surface area contributed by atoms with E-state index in [1.54, 1.807) is 19.2 Å². The Morgan fingerprint density at radius 3 is 2.42 bits per heavy atom. The fourth-order valence-corrected chi connectivity index (χ4v) is 2.61. The fraction of sp³-hybridized carbons (Fsp3) is 0.333. The van der Waals surface area contributed by atoms with Crippen molar-refractivity contribution in [3.63, 3.8) is 0 Å². The van der Waals surface area contributed by atoms with Crippen LogP contribution in [0.2, 0.25) is 0 Å². The number of hydrogen-bond donors (Lipinski definition) is 3. The third-order valence-corrected chi connectivity index (χ3v) is 4.15. The van der Waals surface area contributed by atoms with Crippen molar-refractivity contribution in [2.24, 2.45) is 4.99 Å². The molecular formula is C21H28N4O. The summed E-state index contributed by atoms with van der Waals surface area (Å²) >= 11 is 0. The highest BCUT2D eigenvalue weighted by atomic mass is 16.1. The standard InChI is InChI=1S/C21H28N4O/c1-16-8-7-11-19(14-16)17(2)15-25-21(22-3)24-13-12-23-20(26)18-9-5-4-6-10-18/h4-11,14,17H,12-13,15H2,1-3H3,(H,23,26)(H2,22,24,25). The number of carbonyl (C=O) groups is 1. The van der Waals surface area contributed by atoms with Crippen molar-refractivity contribution >= 4 is 11.9 Å². The van der Waals surface area contributed by atoms with Crippen molar-refractivity contribution < 1.29 is 4.79 Å². The Labute approximate surface area is 155 Å². The quantitative estimate of drug-likeness (QED) is 0.408. The number of amides is 1. The minimum atomic E-state index is -0.0663. The van der Waals surface area contributed by atoms with Crippen LogP contribution in [0, 0.1) is 6.92 Å². The zero-order chi connectivity index (χ0) is 18.8. The summed E-state index contributed by atoms with van der Waals surface area (Å²) < 4.78 is 0. The first kappa shape index (κ1) is 19.5. The molecule has 2 aromatic carbocycles. The SMILES string of the molecule is CN=C(NCCNC(=O)c1ccccc1)NCC(C)c1cccc(C)c1. The van der Waals surface area contributed by atoms with Crippen LogP contribution < -0.4 is 16.0 Å². The molecule has 1 amide bonds. The number of aryl methyl sites for hydroxylation is 1. The molecule has 0 radical (unpaired) electrons. The van der Waals surface area contributed by atoms with Gasteiger partial charge in [0.2, 0.25) is 0 Å². The molecule has 0 saturated heterocycles. The lowest BCUT2D eigenvalue weighted by Crippen LogP contribution is -2.42. The Morgan fingerprint density at radius 1 is 1.00 bits per heavy atom. The molecule has 3 N–H and O–H groups in total. The molecule has 2 rings (SSSR count). The highest BCUT2D eigenvalue weighted by Crippen LogP contribution is 2.15. The van der Waals surface area contributed by atoms with Gasteiger partial charge >= 0.3 is 0 Å². The van der Waals surface area contributed by atoms with E-state index in [1.165, 1.54) is 11.1 Å². The molecular weight excluding hydrogens is 324 g/mol. The van der Waals surface area contributed by atoms with Gasteiger partial charge in [0, 0.05) is 32.2 Å². The monoisotopic (exact) mass is 352 g/mol. The highest BCUT2D eigenvalue weighted by molar-refractivity contribution is 5.94. The lowest BCUT2D eigenvalue weighted by atomic mass is 9.99. The third kappa shape index (κ3) is 6.24. The first-order valence-electron chi connectivity index (χ1n) is 8.94. The van der Waals surface area contributed by atoms with Crippen LogP contribution in [-0.2, 0) is 0 Å². The molecule has 26 heavy (non-hydrogen) atoms. The van der Waals surface area contributed by atoms with Crippen molar-refractivity contribution in [3.8, 4) is 0 Å². The van der Waals surface area contributed by atoms with Crippen LogP contribution in [-0.4, -0.2) is 38.5 Å². The number of benzene rings is 2. The normalized spacial score (nSPS) is 12.3. The summed E-state index contributed by atoms with van der Waals surface area (Å²) in [5.41, 5.74) is 3.25. The Kier molecular flexibility index (Phi) is 7.68. The molecule has 0 bridgehead atoms. The fourth-order valence-electron chi connectivity index (χ4n) is 2.61. The molecule has 0 aliphatic heterocycles. The van der Waals surface area contributed by atoms with Gasteiger partial charge in [0.05, 0.1) is 0 Å². The van der Waals surface area contributed by atoms with Gasteiger partial charge in [0.25, 0.3) is 5.91 Å². The average molecular weight is 352 g/mol. The van der Waals surface area contributed by atoms with Crippen LogP contribution in [0.1, 0.15) is 34.3 Å². The molecule has 0 fully saturated rings. The zero-order valence-electron chi connectivity index (χ0n) is 15.8. The summed E-state index contributed by atoms with van der Waals surface area (Å²) in [6.45, 7) is 6.22. The molecule has 2 aromatic rings. The predicted molar refractivity (Wildman–Crippen MR) is 108 cm³/mol. The lowest BCUT2D eigenvalue weighted by Gasteiger charge is -2.17. The molecule has 0 heterocycles. The Morgan fingerprint density at radius 2 is 1.73 bits per heavy atom. The van der Waals surface area contributed by atoms with E-state index in [2.05, 4.69) is 59.1 Å². The minimum Gasteiger partial charge on any atom is -0.356 e. The topological polar surface area (TPSA) is 65.5 Å². The Bertz CT molecular complexity index is 728. The molecule has 0 aliphatic carbocycles. The maximum absolute atomic E-state index is 12.0. The van der Waals surface area contributed by atoms with Crippen LogP contribution in [0.3, 0.4) is 0 Å². The summed E-state index contributed by atoms with van der Waals surface area (Å²) in [6.07, 6.45) is 0. The largest absolute Gasteiger partial charge is 0.356 e. The van der Waals surface area contributed by atoms with E-state index >= 15 is 0 Å². The van der Waals surface area contributed by atoms with E-state index in [0.717, 1.165) is 12.5 Å². The van der Waals surface area contributed by atoms with Crippen LogP contribution in [0.4, 0.5) is 0 Å². The van der Waals surface area contributed by atoms with Crippen molar-refractivity contribution in [2.45, 2.75) is 19.8 Å². The van der Waals surface area contributed by atoms with Gasteiger partial charge in [-0.25, -0.2) is 0 Å². The number of nitrogens with zero attached hydrogens (tertiary/aromatic N) is 1. The zero-order valence-corrected chi connectivity index (χ0v) is 15.8. The van der Waals surface area contributed by atoms with Crippen LogP contribution >= 0.6 is 0 Å². The van der Waals surface area contributed by atoms with Crippen molar-refractivity contribution in [1.29, 1.82) is 0 Å². The van der Waals surface area contributed by atoms with E-state index in [1.807, 2.05) is 18.2 Å². The number of hydrogen-bond acceptors (Lipinski definition) is 2. The smallest absolute Gasteiger partial charge is 0.251 e. The van der Waals surface area contributed by atoms with Crippen LogP contribution in [0.25, 0.3) is 0 Å². The first-order valence-corrected chi connectivity index (χ1v) is 8.94. The lowest BCUT2D eigenvalue weighted by molar-refractivity contribution is 0.0954. The molecule has 5 heteroatoms. The van der Waals surface area contributed by atoms with Gasteiger partial charge in [0.15, 0.2) is 5.96 Å². The summed E-state index contributed by atoms with van der Waals surface area (Å²) in [5.74, 6) is 1.05. The molecule has 0 aliphatic rings. The molecule has 1 atom stereocenters. The number of rotatable bonds is 7. The van der Waals surface area contributed by atoms with E-state index < -0.39 is 0 Å². The molecule has 0 saturated carbocycles. The molecule has 0 aromatic heterocycles. The maximum Gasteiger partial charge on any atom is 0.251 e. The summed E-state index contributed by atoms with van der Waals surface area (Å²) in [5, 5.41) is 9.44. The van der Waals surface area contributed by atoms with Gasteiger partial charge in [-0.2, -0.15) is 0 Å². The number of aliphatic imine (C=N–C) groups is 1. The Hall–Kier alpha value is -2.82. The van der Waals surface area contributed by atoms with Crippen molar-refractivity contribution in [2.75, 3.05) is 26.7 Å². The van der Waals surface area contributed by atoms with E-state index in [0.29, 0.717) is 24.6 Å². The summed E-state index contributed by atoms with van der Waals surface area (Å²) in [6, 6.07) is 17.8. The molecule has 5 nitrogen and oxygen atoms in total. The van der Waals surface area contributed by atoms with Crippen molar-refractivity contribution in [3.05, 3.63) is 71.3 Å². The predicted octanol–water partition coefficient (Wildman–Crippen LogP) is 2.69. The number of guanidine groups is 1.